The van der Waals surface area contributed by atoms with Gasteiger partial charge in [0.15, 0.2) is 0 Å². The number of likely N-dealkylation sites (N-methyl/N-ethyl adjacent to an activating group) is 1. The third-order valence-corrected chi connectivity index (χ3v) is 2.75. The first kappa shape index (κ1) is 11.9. The molecule has 0 bridgehead atoms. The van der Waals surface area contributed by atoms with Crippen molar-refractivity contribution in [2.45, 2.75) is 38.2 Å². The molecule has 1 unspecified atom stereocenters. The van der Waals surface area contributed by atoms with E-state index < -0.39 is 12.0 Å². The van der Waals surface area contributed by atoms with E-state index in [9.17, 15) is 8.78 Å². The van der Waals surface area contributed by atoms with Crippen molar-refractivity contribution in [3.8, 4) is 0 Å². The summed E-state index contributed by atoms with van der Waals surface area (Å²) >= 11 is 0. The highest BCUT2D eigenvalue weighted by molar-refractivity contribution is 4.91. The van der Waals surface area contributed by atoms with Gasteiger partial charge in [-0.2, -0.15) is 0 Å². The van der Waals surface area contributed by atoms with Crippen LogP contribution in [0.1, 0.15) is 26.2 Å². The van der Waals surface area contributed by atoms with E-state index in [4.69, 9.17) is 0 Å². The molecule has 1 saturated heterocycles. The lowest BCUT2D eigenvalue weighted by Crippen LogP contribution is -2.44. The molecule has 0 saturated carbocycles. The van der Waals surface area contributed by atoms with Crippen molar-refractivity contribution in [2.75, 3.05) is 26.7 Å². The van der Waals surface area contributed by atoms with Gasteiger partial charge in [0.2, 0.25) is 0 Å². The Balaban J connectivity index is 2.29. The monoisotopic (exact) mass is 206 g/mol. The zero-order valence-electron chi connectivity index (χ0n) is 9.02. The largest absolute Gasteiger partial charge is 0.307 e. The second kappa shape index (κ2) is 5.03. The Morgan fingerprint density at radius 3 is 2.71 bits per heavy atom. The topological polar surface area (TPSA) is 15.3 Å². The van der Waals surface area contributed by atoms with Crippen molar-refractivity contribution in [1.82, 2.24) is 10.2 Å². The molecule has 1 aliphatic heterocycles. The average Bonchev–Trinajstić information content (AvgIpc) is 2.43. The molecule has 0 aromatic carbocycles. The third kappa shape index (κ3) is 3.17. The molecule has 0 amide bonds. The fourth-order valence-corrected chi connectivity index (χ4v) is 1.77. The molecule has 1 N–H and O–H groups in total. The Morgan fingerprint density at radius 1 is 1.50 bits per heavy atom. The molecule has 0 aliphatic carbocycles. The molecule has 0 radical (unpaired) electrons. The molecular weight excluding hydrogens is 186 g/mol. The van der Waals surface area contributed by atoms with Crippen molar-refractivity contribution in [2.24, 2.45) is 0 Å². The van der Waals surface area contributed by atoms with E-state index in [1.54, 1.807) is 0 Å². The molecule has 1 fully saturated rings. The zero-order valence-corrected chi connectivity index (χ0v) is 9.02. The van der Waals surface area contributed by atoms with Gasteiger partial charge >= 0.3 is 0 Å². The summed E-state index contributed by atoms with van der Waals surface area (Å²) in [6, 6.07) is -0.649. The van der Waals surface area contributed by atoms with Crippen molar-refractivity contribution < 1.29 is 8.78 Å². The Morgan fingerprint density at radius 2 is 2.21 bits per heavy atom. The quantitative estimate of drug-likeness (QED) is 0.736. The summed E-state index contributed by atoms with van der Waals surface area (Å²) in [6.07, 6.45) is 2.17. The van der Waals surface area contributed by atoms with E-state index in [-0.39, 0.29) is 6.42 Å². The van der Waals surface area contributed by atoms with Gasteiger partial charge in [-0.1, -0.05) is 13.3 Å². The van der Waals surface area contributed by atoms with Crippen LogP contribution >= 0.6 is 0 Å². The predicted octanol–water partition coefficient (Wildman–Crippen LogP) is 1.72. The maximum absolute atomic E-state index is 13.2. The highest BCUT2D eigenvalue weighted by atomic mass is 19.3. The van der Waals surface area contributed by atoms with Gasteiger partial charge < -0.3 is 10.2 Å². The van der Waals surface area contributed by atoms with Crippen molar-refractivity contribution in [1.29, 1.82) is 0 Å². The van der Waals surface area contributed by atoms with Gasteiger partial charge in [-0.05, 0) is 20.0 Å². The fraction of sp³-hybridized carbons (Fsp3) is 1.00. The van der Waals surface area contributed by atoms with Crippen LogP contribution in [0.25, 0.3) is 0 Å². The van der Waals surface area contributed by atoms with Gasteiger partial charge in [0.1, 0.15) is 0 Å². The van der Waals surface area contributed by atoms with Crippen LogP contribution in [-0.2, 0) is 0 Å². The number of halogens is 2. The summed E-state index contributed by atoms with van der Waals surface area (Å²) in [4.78, 5) is 1.99. The van der Waals surface area contributed by atoms with E-state index in [1.165, 1.54) is 0 Å². The van der Waals surface area contributed by atoms with Crippen LogP contribution in [0.15, 0.2) is 0 Å². The highest BCUT2D eigenvalue weighted by Crippen LogP contribution is 2.27. The second-order valence-corrected chi connectivity index (χ2v) is 4.13. The van der Waals surface area contributed by atoms with Gasteiger partial charge in [0, 0.05) is 19.5 Å². The number of nitrogens with one attached hydrogen (secondary N) is 1. The van der Waals surface area contributed by atoms with Gasteiger partial charge in [-0.25, -0.2) is 8.78 Å². The number of rotatable bonds is 5. The second-order valence-electron chi connectivity index (χ2n) is 4.13. The molecule has 1 aliphatic rings. The molecule has 1 heterocycles. The van der Waals surface area contributed by atoms with E-state index >= 15 is 0 Å². The van der Waals surface area contributed by atoms with Crippen LogP contribution in [0.4, 0.5) is 8.78 Å². The maximum Gasteiger partial charge on any atom is 0.265 e. The third-order valence-electron chi connectivity index (χ3n) is 2.75. The van der Waals surface area contributed by atoms with E-state index in [1.807, 2.05) is 11.9 Å². The van der Waals surface area contributed by atoms with Crippen LogP contribution in [-0.4, -0.2) is 43.5 Å². The van der Waals surface area contributed by atoms with Crippen LogP contribution in [0.3, 0.4) is 0 Å². The minimum atomic E-state index is -2.51. The molecule has 0 aromatic heterocycles. The lowest BCUT2D eigenvalue weighted by atomic mass is 10.1. The summed E-state index contributed by atoms with van der Waals surface area (Å²) in [5.41, 5.74) is 0. The smallest absolute Gasteiger partial charge is 0.265 e. The van der Waals surface area contributed by atoms with Crippen LogP contribution in [0.2, 0.25) is 0 Å². The number of hydrogen-bond acceptors (Lipinski definition) is 2. The fourth-order valence-electron chi connectivity index (χ4n) is 1.77. The summed E-state index contributed by atoms with van der Waals surface area (Å²) < 4.78 is 26.4. The van der Waals surface area contributed by atoms with E-state index in [0.717, 1.165) is 19.4 Å². The number of nitrogens with zero attached hydrogens (tertiary/aromatic N) is 1. The standard InChI is InChI=1S/C10H20F2N2/c1-3-4-7-14(2)8-9-10(11,12)5-6-13-9/h9,13H,3-8H2,1-2H3. The Labute approximate surface area is 84.7 Å². The first-order valence-corrected chi connectivity index (χ1v) is 5.36. The van der Waals surface area contributed by atoms with E-state index in [0.29, 0.717) is 13.1 Å². The molecule has 2 nitrogen and oxygen atoms in total. The number of hydrogen-bond donors (Lipinski definition) is 1. The van der Waals surface area contributed by atoms with Crippen LogP contribution < -0.4 is 5.32 Å². The van der Waals surface area contributed by atoms with Gasteiger partial charge in [-0.3, -0.25) is 0 Å². The summed E-state index contributed by atoms with van der Waals surface area (Å²) in [7, 11) is 1.91. The molecule has 14 heavy (non-hydrogen) atoms. The normalized spacial score (nSPS) is 25.9. The molecule has 0 aromatic rings. The summed E-state index contributed by atoms with van der Waals surface area (Å²) in [5, 5.41) is 2.86. The summed E-state index contributed by atoms with van der Waals surface area (Å²) in [6.45, 7) is 3.91. The van der Waals surface area contributed by atoms with Crippen molar-refractivity contribution in [3.05, 3.63) is 0 Å². The van der Waals surface area contributed by atoms with Crippen LogP contribution in [0, 0.1) is 0 Å². The molecule has 0 spiro atoms. The maximum atomic E-state index is 13.2. The highest BCUT2D eigenvalue weighted by Gasteiger charge is 2.43. The van der Waals surface area contributed by atoms with Gasteiger partial charge in [-0.15, -0.1) is 0 Å². The lowest BCUT2D eigenvalue weighted by molar-refractivity contribution is -0.0187. The van der Waals surface area contributed by atoms with Crippen molar-refractivity contribution >= 4 is 0 Å². The van der Waals surface area contributed by atoms with Crippen LogP contribution in [0.5, 0.6) is 0 Å². The minimum absolute atomic E-state index is 0.0146. The average molecular weight is 206 g/mol. The number of alkyl halides is 2. The predicted molar refractivity (Wildman–Crippen MR) is 53.8 cm³/mol. The molecular formula is C10H20F2N2. The summed E-state index contributed by atoms with van der Waals surface area (Å²) in [5.74, 6) is -2.51. The minimum Gasteiger partial charge on any atom is -0.307 e. The first-order chi connectivity index (χ1) is 6.56. The zero-order chi connectivity index (χ0) is 10.6. The molecule has 84 valence electrons. The SMILES string of the molecule is CCCCN(C)CC1NCCC1(F)F. The first-order valence-electron chi connectivity index (χ1n) is 5.36. The number of unbranched alkanes of at least 4 members (excludes halogenated alkanes) is 1. The molecule has 1 atom stereocenters. The van der Waals surface area contributed by atoms with Gasteiger partial charge in [0.25, 0.3) is 5.92 Å². The Hall–Kier alpha value is -0.220. The molecule has 4 heteroatoms. The van der Waals surface area contributed by atoms with E-state index in [2.05, 4.69) is 12.2 Å². The Bertz CT molecular complexity index is 174. The Kier molecular flexibility index (Phi) is 4.26. The lowest BCUT2D eigenvalue weighted by Gasteiger charge is -2.24. The van der Waals surface area contributed by atoms with Crippen molar-refractivity contribution in [3.63, 3.8) is 0 Å². The molecule has 1 rings (SSSR count). The van der Waals surface area contributed by atoms with Gasteiger partial charge in [0.05, 0.1) is 6.04 Å².